The highest BCUT2D eigenvalue weighted by molar-refractivity contribution is 9.10. The van der Waals surface area contributed by atoms with E-state index in [4.69, 9.17) is 0 Å². The average Bonchev–Trinajstić information content (AvgIpc) is 3.10. The summed E-state index contributed by atoms with van der Waals surface area (Å²) in [6.07, 6.45) is 8.26. The van der Waals surface area contributed by atoms with Gasteiger partial charge in [-0.1, -0.05) is 28.8 Å². The number of hydrogen-bond acceptors (Lipinski definition) is 2. The minimum atomic E-state index is 0.306. The third kappa shape index (κ3) is 2.75. The summed E-state index contributed by atoms with van der Waals surface area (Å²) in [7, 11) is 0. The van der Waals surface area contributed by atoms with Crippen LogP contribution in [0.25, 0.3) is 0 Å². The van der Waals surface area contributed by atoms with Gasteiger partial charge in [0.2, 0.25) is 0 Å². The van der Waals surface area contributed by atoms with E-state index in [9.17, 15) is 5.11 Å². The molecule has 1 aromatic rings. The van der Waals surface area contributed by atoms with E-state index in [0.717, 1.165) is 22.0 Å². The van der Waals surface area contributed by atoms with Gasteiger partial charge in [0.15, 0.2) is 0 Å². The van der Waals surface area contributed by atoms with E-state index in [1.807, 2.05) is 6.07 Å². The molecule has 1 heterocycles. The number of nitrogens with zero attached hydrogens (tertiary/aromatic N) is 1. The Balaban J connectivity index is 1.81. The van der Waals surface area contributed by atoms with Crippen molar-refractivity contribution in [3.63, 3.8) is 0 Å². The van der Waals surface area contributed by atoms with E-state index >= 15 is 0 Å². The van der Waals surface area contributed by atoms with Crippen molar-refractivity contribution < 1.29 is 5.11 Å². The van der Waals surface area contributed by atoms with E-state index in [1.165, 1.54) is 45.1 Å². The van der Waals surface area contributed by atoms with Gasteiger partial charge in [0.05, 0.1) is 0 Å². The van der Waals surface area contributed by atoms with Gasteiger partial charge in [-0.3, -0.25) is 4.90 Å². The van der Waals surface area contributed by atoms with E-state index in [0.29, 0.717) is 11.8 Å². The summed E-state index contributed by atoms with van der Waals surface area (Å²) >= 11 is 3.52. The van der Waals surface area contributed by atoms with E-state index in [1.54, 1.807) is 6.07 Å². The monoisotopic (exact) mass is 337 g/mol. The van der Waals surface area contributed by atoms with Crippen LogP contribution in [0.2, 0.25) is 0 Å². The minimum absolute atomic E-state index is 0.306. The summed E-state index contributed by atoms with van der Waals surface area (Å²) in [4.78, 5) is 2.64. The molecule has 2 fully saturated rings. The Morgan fingerprint density at radius 3 is 2.70 bits per heavy atom. The first-order valence-corrected chi connectivity index (χ1v) is 8.70. The summed E-state index contributed by atoms with van der Waals surface area (Å²) in [5.74, 6) is 1.31. The SMILES string of the molecule is CC(c1cc(Br)ccc1O)N1CCCC1C1CCCC1. The summed E-state index contributed by atoms with van der Waals surface area (Å²) in [5.41, 5.74) is 1.06. The molecule has 20 heavy (non-hydrogen) atoms. The highest BCUT2D eigenvalue weighted by atomic mass is 79.9. The predicted molar refractivity (Wildman–Crippen MR) is 85.9 cm³/mol. The third-order valence-electron chi connectivity index (χ3n) is 5.22. The maximum Gasteiger partial charge on any atom is 0.120 e. The molecule has 0 spiro atoms. The standard InChI is InChI=1S/C17H24BrNO/c1-12(15-11-14(18)8-9-17(15)20)19-10-4-7-16(19)13-5-2-3-6-13/h8-9,11-13,16,20H,2-7,10H2,1H3. The molecule has 2 aliphatic rings. The van der Waals surface area contributed by atoms with Crippen LogP contribution in [0.3, 0.4) is 0 Å². The fourth-order valence-electron chi connectivity index (χ4n) is 4.18. The lowest BCUT2D eigenvalue weighted by Gasteiger charge is -2.34. The molecule has 3 rings (SSSR count). The van der Waals surface area contributed by atoms with Crippen molar-refractivity contribution in [1.82, 2.24) is 4.90 Å². The quantitative estimate of drug-likeness (QED) is 0.850. The molecular formula is C17H24BrNO. The molecule has 2 nitrogen and oxygen atoms in total. The van der Waals surface area contributed by atoms with Crippen molar-refractivity contribution >= 4 is 15.9 Å². The van der Waals surface area contributed by atoms with Crippen molar-refractivity contribution in [2.24, 2.45) is 5.92 Å². The van der Waals surface area contributed by atoms with Gasteiger partial charge in [0.1, 0.15) is 5.75 Å². The van der Waals surface area contributed by atoms with Crippen molar-refractivity contribution in [3.05, 3.63) is 28.2 Å². The number of rotatable bonds is 3. The lowest BCUT2D eigenvalue weighted by molar-refractivity contribution is 0.142. The lowest BCUT2D eigenvalue weighted by Crippen LogP contribution is -2.36. The van der Waals surface area contributed by atoms with Gasteiger partial charge in [-0.15, -0.1) is 0 Å². The van der Waals surface area contributed by atoms with Gasteiger partial charge in [-0.05, 0) is 63.3 Å². The largest absolute Gasteiger partial charge is 0.508 e. The van der Waals surface area contributed by atoms with E-state index < -0.39 is 0 Å². The fraction of sp³-hybridized carbons (Fsp3) is 0.647. The number of benzene rings is 1. The van der Waals surface area contributed by atoms with E-state index in [-0.39, 0.29) is 0 Å². The zero-order chi connectivity index (χ0) is 14.1. The fourth-order valence-corrected chi connectivity index (χ4v) is 4.56. The summed E-state index contributed by atoms with van der Waals surface area (Å²) in [6.45, 7) is 3.42. The first-order valence-electron chi connectivity index (χ1n) is 7.91. The molecule has 0 aromatic heterocycles. The Morgan fingerprint density at radius 1 is 1.20 bits per heavy atom. The second-order valence-corrected chi connectivity index (χ2v) is 7.29. The van der Waals surface area contributed by atoms with Crippen LogP contribution in [-0.2, 0) is 0 Å². The van der Waals surface area contributed by atoms with Gasteiger partial charge in [-0.2, -0.15) is 0 Å². The van der Waals surface area contributed by atoms with Gasteiger partial charge in [0, 0.05) is 22.1 Å². The molecular weight excluding hydrogens is 314 g/mol. The molecule has 110 valence electrons. The van der Waals surface area contributed by atoms with E-state index in [2.05, 4.69) is 33.8 Å². The third-order valence-corrected chi connectivity index (χ3v) is 5.72. The molecule has 2 atom stereocenters. The highest BCUT2D eigenvalue weighted by Gasteiger charge is 2.36. The molecule has 1 saturated carbocycles. The Morgan fingerprint density at radius 2 is 1.95 bits per heavy atom. The van der Waals surface area contributed by atoms with Crippen LogP contribution in [0.5, 0.6) is 5.75 Å². The van der Waals surface area contributed by atoms with Crippen LogP contribution >= 0.6 is 15.9 Å². The molecule has 1 aliphatic heterocycles. The van der Waals surface area contributed by atoms with Crippen LogP contribution in [0.1, 0.15) is 57.1 Å². The first kappa shape index (κ1) is 14.4. The Labute approximate surface area is 130 Å². The number of hydrogen-bond donors (Lipinski definition) is 1. The van der Waals surface area contributed by atoms with Gasteiger partial charge in [-0.25, -0.2) is 0 Å². The topological polar surface area (TPSA) is 23.5 Å². The molecule has 2 unspecified atom stereocenters. The van der Waals surface area contributed by atoms with Gasteiger partial charge < -0.3 is 5.11 Å². The molecule has 0 amide bonds. The first-order chi connectivity index (χ1) is 9.66. The zero-order valence-electron chi connectivity index (χ0n) is 12.2. The smallest absolute Gasteiger partial charge is 0.120 e. The zero-order valence-corrected chi connectivity index (χ0v) is 13.8. The maximum atomic E-state index is 10.2. The Kier molecular flexibility index (Phi) is 4.37. The number of phenols is 1. The summed E-state index contributed by atoms with van der Waals surface area (Å²) in [6, 6.07) is 6.82. The molecule has 3 heteroatoms. The highest BCUT2D eigenvalue weighted by Crippen LogP contribution is 2.41. The normalized spacial score (nSPS) is 26.2. The van der Waals surface area contributed by atoms with Gasteiger partial charge >= 0.3 is 0 Å². The Hall–Kier alpha value is -0.540. The summed E-state index contributed by atoms with van der Waals surface area (Å²) in [5, 5.41) is 10.2. The van der Waals surface area contributed by atoms with Crippen LogP contribution in [0.4, 0.5) is 0 Å². The maximum absolute atomic E-state index is 10.2. The van der Waals surface area contributed by atoms with Crippen LogP contribution in [-0.4, -0.2) is 22.6 Å². The van der Waals surface area contributed by atoms with Crippen molar-refractivity contribution in [3.8, 4) is 5.75 Å². The second kappa shape index (κ2) is 6.07. The number of halogens is 1. The summed E-state index contributed by atoms with van der Waals surface area (Å²) < 4.78 is 1.05. The molecule has 1 saturated heterocycles. The number of phenolic OH excluding ortho intramolecular Hbond substituents is 1. The molecule has 1 N–H and O–H groups in total. The average molecular weight is 338 g/mol. The lowest BCUT2D eigenvalue weighted by atomic mass is 9.94. The van der Waals surface area contributed by atoms with Crippen molar-refractivity contribution in [2.75, 3.05) is 6.54 Å². The predicted octanol–water partition coefficient (Wildman–Crippen LogP) is 4.87. The van der Waals surface area contributed by atoms with Crippen molar-refractivity contribution in [1.29, 1.82) is 0 Å². The van der Waals surface area contributed by atoms with Crippen LogP contribution < -0.4 is 0 Å². The van der Waals surface area contributed by atoms with Crippen LogP contribution in [0.15, 0.2) is 22.7 Å². The Bertz CT molecular complexity index is 470. The molecule has 1 aromatic carbocycles. The second-order valence-electron chi connectivity index (χ2n) is 6.37. The number of likely N-dealkylation sites (tertiary alicyclic amines) is 1. The number of aromatic hydroxyl groups is 1. The molecule has 0 radical (unpaired) electrons. The van der Waals surface area contributed by atoms with Crippen molar-refractivity contribution in [2.45, 2.75) is 57.5 Å². The van der Waals surface area contributed by atoms with Gasteiger partial charge in [0.25, 0.3) is 0 Å². The minimum Gasteiger partial charge on any atom is -0.508 e. The molecule has 0 bridgehead atoms. The van der Waals surface area contributed by atoms with Crippen LogP contribution in [0, 0.1) is 5.92 Å². The molecule has 1 aliphatic carbocycles.